The highest BCUT2D eigenvalue weighted by molar-refractivity contribution is 7.13. The van der Waals surface area contributed by atoms with Crippen LogP contribution in [-0.2, 0) is 16.0 Å². The molecule has 0 saturated heterocycles. The minimum Gasteiger partial charge on any atom is -0.493 e. The Kier molecular flexibility index (Phi) is 7.87. The van der Waals surface area contributed by atoms with Gasteiger partial charge in [-0.2, -0.15) is 5.10 Å². The maximum absolute atomic E-state index is 11.3. The molecule has 9 heteroatoms. The number of nitrogens with zero attached hydrogens (tertiary/aromatic N) is 2. The zero-order chi connectivity index (χ0) is 19.6. The molecule has 8 nitrogen and oxygen atoms in total. The van der Waals surface area contributed by atoms with Gasteiger partial charge in [0.15, 0.2) is 11.5 Å². The average Bonchev–Trinajstić information content (AvgIpc) is 3.13. The molecule has 0 atom stereocenters. The average molecular weight is 393 g/mol. The monoisotopic (exact) mass is 393 g/mol. The summed E-state index contributed by atoms with van der Waals surface area (Å²) in [5.41, 5.74) is 4.24. The van der Waals surface area contributed by atoms with Crippen molar-refractivity contribution in [2.24, 2.45) is 5.10 Å². The molecular formula is C18H23N3O5S. The number of rotatable bonds is 10. The Morgan fingerprint density at radius 2 is 1.96 bits per heavy atom. The van der Waals surface area contributed by atoms with Crippen molar-refractivity contribution in [2.75, 3.05) is 33.4 Å². The first kappa shape index (κ1) is 20.5. The standard InChI is InChI=1S/C18H23N3O5S/c1-5-6-26-17-14(23-2)7-12(8-15(17)24-3)10-19-21-18-20-13(11-27-18)9-16(22)25-4/h7-8,10-11H,5-6,9H2,1-4H3,(H,20,21)/b19-10-. The Balaban J connectivity index is 2.09. The van der Waals surface area contributed by atoms with E-state index >= 15 is 0 Å². The number of hydrogen-bond donors (Lipinski definition) is 1. The fourth-order valence-electron chi connectivity index (χ4n) is 2.14. The van der Waals surface area contributed by atoms with Crippen LogP contribution < -0.4 is 19.6 Å². The Morgan fingerprint density at radius 3 is 2.56 bits per heavy atom. The molecule has 0 aliphatic rings. The molecule has 0 aliphatic heterocycles. The number of methoxy groups -OCH3 is 3. The number of thiazole rings is 1. The number of carbonyl (C=O) groups excluding carboxylic acids is 1. The lowest BCUT2D eigenvalue weighted by Gasteiger charge is -2.14. The smallest absolute Gasteiger partial charge is 0.311 e. The van der Waals surface area contributed by atoms with Crippen LogP contribution in [0.3, 0.4) is 0 Å². The van der Waals surface area contributed by atoms with Crippen LogP contribution in [0.4, 0.5) is 5.13 Å². The molecule has 1 heterocycles. The molecule has 2 aromatic rings. The van der Waals surface area contributed by atoms with E-state index in [9.17, 15) is 4.79 Å². The third-order valence-corrected chi connectivity index (χ3v) is 4.21. The largest absolute Gasteiger partial charge is 0.493 e. The topological polar surface area (TPSA) is 91.3 Å². The second-order valence-corrected chi connectivity index (χ2v) is 6.23. The van der Waals surface area contributed by atoms with E-state index in [2.05, 4.69) is 20.2 Å². The number of hydrazone groups is 1. The van der Waals surface area contributed by atoms with Gasteiger partial charge in [-0.15, -0.1) is 11.3 Å². The first-order valence-electron chi connectivity index (χ1n) is 8.30. The van der Waals surface area contributed by atoms with Gasteiger partial charge >= 0.3 is 5.97 Å². The highest BCUT2D eigenvalue weighted by Gasteiger charge is 2.13. The van der Waals surface area contributed by atoms with Crippen LogP contribution in [0.1, 0.15) is 24.6 Å². The fraction of sp³-hybridized carbons (Fsp3) is 0.389. The number of benzene rings is 1. The van der Waals surface area contributed by atoms with Gasteiger partial charge in [0, 0.05) is 10.9 Å². The van der Waals surface area contributed by atoms with Gasteiger partial charge in [-0.25, -0.2) is 4.98 Å². The van der Waals surface area contributed by atoms with Crippen molar-refractivity contribution in [2.45, 2.75) is 19.8 Å². The summed E-state index contributed by atoms with van der Waals surface area (Å²) in [6.45, 7) is 2.60. The lowest BCUT2D eigenvalue weighted by atomic mass is 10.2. The van der Waals surface area contributed by atoms with Crippen molar-refractivity contribution >= 4 is 28.7 Å². The summed E-state index contributed by atoms with van der Waals surface area (Å²) in [5, 5.41) is 6.53. The maximum Gasteiger partial charge on any atom is 0.311 e. The quantitative estimate of drug-likeness (QED) is 0.377. The van der Waals surface area contributed by atoms with Crippen LogP contribution in [0.15, 0.2) is 22.6 Å². The number of aromatic nitrogens is 1. The lowest BCUT2D eigenvalue weighted by molar-refractivity contribution is -0.139. The second-order valence-electron chi connectivity index (χ2n) is 5.37. The molecule has 1 N–H and O–H groups in total. The van der Waals surface area contributed by atoms with Gasteiger partial charge in [-0.05, 0) is 18.6 Å². The van der Waals surface area contributed by atoms with E-state index in [0.717, 1.165) is 12.0 Å². The summed E-state index contributed by atoms with van der Waals surface area (Å²) in [6, 6.07) is 3.62. The summed E-state index contributed by atoms with van der Waals surface area (Å²) >= 11 is 1.35. The number of anilines is 1. The van der Waals surface area contributed by atoms with E-state index in [1.54, 1.807) is 25.8 Å². The third kappa shape index (κ3) is 5.85. The molecule has 27 heavy (non-hydrogen) atoms. The van der Waals surface area contributed by atoms with Crippen LogP contribution in [0.2, 0.25) is 0 Å². The van der Waals surface area contributed by atoms with Gasteiger partial charge in [-0.1, -0.05) is 6.92 Å². The molecule has 0 fully saturated rings. The summed E-state index contributed by atoms with van der Waals surface area (Å²) in [5.74, 6) is 1.37. The Morgan fingerprint density at radius 1 is 1.26 bits per heavy atom. The van der Waals surface area contributed by atoms with E-state index < -0.39 is 0 Å². The summed E-state index contributed by atoms with van der Waals surface area (Å²) < 4.78 is 21.1. The molecule has 0 radical (unpaired) electrons. The van der Waals surface area contributed by atoms with Gasteiger partial charge in [-0.3, -0.25) is 10.2 Å². The Bertz CT molecular complexity index is 766. The van der Waals surface area contributed by atoms with E-state index in [4.69, 9.17) is 14.2 Å². The zero-order valence-corrected chi connectivity index (χ0v) is 16.6. The first-order chi connectivity index (χ1) is 13.1. The highest BCUT2D eigenvalue weighted by atomic mass is 32.1. The van der Waals surface area contributed by atoms with Crippen molar-refractivity contribution in [3.63, 3.8) is 0 Å². The summed E-state index contributed by atoms with van der Waals surface area (Å²) in [6.07, 6.45) is 2.63. The molecule has 1 aromatic carbocycles. The number of esters is 1. The summed E-state index contributed by atoms with van der Waals surface area (Å²) in [4.78, 5) is 15.5. The van der Waals surface area contributed by atoms with E-state index in [-0.39, 0.29) is 12.4 Å². The lowest BCUT2D eigenvalue weighted by Crippen LogP contribution is -2.04. The minimum absolute atomic E-state index is 0.131. The first-order valence-corrected chi connectivity index (χ1v) is 9.18. The van der Waals surface area contributed by atoms with Gasteiger partial charge < -0.3 is 18.9 Å². The second kappa shape index (κ2) is 10.4. The fourth-order valence-corrected chi connectivity index (χ4v) is 2.80. The number of nitrogens with one attached hydrogen (secondary N) is 1. The van der Waals surface area contributed by atoms with Crippen molar-refractivity contribution in [1.29, 1.82) is 0 Å². The number of carbonyl (C=O) groups is 1. The molecule has 0 unspecified atom stereocenters. The predicted molar refractivity (Wildman–Crippen MR) is 104 cm³/mol. The van der Waals surface area contributed by atoms with E-state index in [0.29, 0.717) is 34.7 Å². The number of ether oxygens (including phenoxy) is 4. The van der Waals surface area contributed by atoms with Crippen LogP contribution in [0, 0.1) is 0 Å². The molecule has 0 amide bonds. The molecule has 146 valence electrons. The molecule has 0 saturated carbocycles. The van der Waals surface area contributed by atoms with E-state index in [1.807, 2.05) is 19.1 Å². The molecular weight excluding hydrogens is 370 g/mol. The van der Waals surface area contributed by atoms with Crippen molar-refractivity contribution in [3.8, 4) is 17.2 Å². The van der Waals surface area contributed by atoms with Crippen LogP contribution in [-0.4, -0.2) is 45.1 Å². The molecule has 1 aromatic heterocycles. The highest BCUT2D eigenvalue weighted by Crippen LogP contribution is 2.38. The Hall–Kier alpha value is -2.81. The normalized spacial score (nSPS) is 10.7. The third-order valence-electron chi connectivity index (χ3n) is 3.41. The molecule has 2 rings (SSSR count). The van der Waals surface area contributed by atoms with Crippen LogP contribution in [0.5, 0.6) is 17.2 Å². The van der Waals surface area contributed by atoms with Gasteiger partial charge in [0.1, 0.15) is 0 Å². The molecule has 0 spiro atoms. The van der Waals surface area contributed by atoms with E-state index in [1.165, 1.54) is 18.4 Å². The molecule has 0 aliphatic carbocycles. The van der Waals surface area contributed by atoms with Gasteiger partial charge in [0.2, 0.25) is 10.9 Å². The summed E-state index contributed by atoms with van der Waals surface area (Å²) in [7, 11) is 4.50. The maximum atomic E-state index is 11.3. The zero-order valence-electron chi connectivity index (χ0n) is 15.8. The van der Waals surface area contributed by atoms with Crippen molar-refractivity contribution in [1.82, 2.24) is 4.98 Å². The van der Waals surface area contributed by atoms with Crippen molar-refractivity contribution < 1.29 is 23.7 Å². The van der Waals surface area contributed by atoms with Crippen molar-refractivity contribution in [3.05, 3.63) is 28.8 Å². The molecule has 0 bridgehead atoms. The van der Waals surface area contributed by atoms with Gasteiger partial charge in [0.05, 0.1) is 46.3 Å². The predicted octanol–water partition coefficient (Wildman–Crippen LogP) is 3.11. The van der Waals surface area contributed by atoms with Crippen LogP contribution >= 0.6 is 11.3 Å². The minimum atomic E-state index is -0.333. The van der Waals surface area contributed by atoms with Gasteiger partial charge in [0.25, 0.3) is 0 Å². The van der Waals surface area contributed by atoms with Crippen LogP contribution in [0.25, 0.3) is 0 Å². The number of hydrogen-bond acceptors (Lipinski definition) is 9. The SMILES string of the molecule is CCCOc1c(OC)cc(/C=N\Nc2nc(CC(=O)OC)cs2)cc1OC. The Labute approximate surface area is 162 Å².